The zero-order chi connectivity index (χ0) is 15.7. The highest BCUT2D eigenvalue weighted by Gasteiger charge is 2.23. The molecule has 2 heterocycles. The lowest BCUT2D eigenvalue weighted by molar-refractivity contribution is 0.191. The van der Waals surface area contributed by atoms with Crippen molar-refractivity contribution in [2.24, 2.45) is 0 Å². The Morgan fingerprint density at radius 1 is 1.27 bits per heavy atom. The molecule has 2 amide bonds. The van der Waals surface area contributed by atoms with Gasteiger partial charge in [-0.1, -0.05) is 6.07 Å². The summed E-state index contributed by atoms with van der Waals surface area (Å²) in [6.45, 7) is 9.05. The van der Waals surface area contributed by atoms with Gasteiger partial charge in [-0.15, -0.1) is 0 Å². The number of aromatic nitrogens is 2. The third kappa shape index (κ3) is 3.00. The number of carbonyl (C=O) groups is 1. The Morgan fingerprint density at radius 3 is 2.68 bits per heavy atom. The normalized spacial score (nSPS) is 15.6. The van der Waals surface area contributed by atoms with Crippen LogP contribution in [0.15, 0.2) is 18.2 Å². The minimum Gasteiger partial charge on any atom is -0.339 e. The highest BCUT2D eigenvalue weighted by atomic mass is 16.2. The number of carbonyl (C=O) groups excluding carboxylic acids is 1. The average molecular weight is 301 g/mol. The number of piperazine rings is 1. The molecule has 0 spiro atoms. The number of nitrogens with one attached hydrogen (secondary N) is 2. The molecule has 2 aromatic rings. The van der Waals surface area contributed by atoms with Gasteiger partial charge in [-0.25, -0.2) is 9.78 Å². The van der Waals surface area contributed by atoms with Gasteiger partial charge in [-0.3, -0.25) is 0 Å². The molecule has 1 aliphatic rings. The van der Waals surface area contributed by atoms with Crippen molar-refractivity contribution in [3.63, 3.8) is 0 Å². The van der Waals surface area contributed by atoms with E-state index in [1.165, 1.54) is 5.56 Å². The second-order valence-electron chi connectivity index (χ2n) is 6.16. The predicted octanol–water partition coefficient (Wildman–Crippen LogP) is 2.11. The van der Waals surface area contributed by atoms with Crippen LogP contribution in [-0.2, 0) is 0 Å². The van der Waals surface area contributed by atoms with E-state index in [4.69, 9.17) is 0 Å². The van der Waals surface area contributed by atoms with Crippen LogP contribution < -0.4 is 10.2 Å². The molecule has 1 aromatic carbocycles. The summed E-state index contributed by atoms with van der Waals surface area (Å²) in [5, 5.41) is 2.94. The number of fused-ring (bicyclic) bond motifs is 1. The Bertz CT molecular complexity index is 670. The number of hydrogen-bond acceptors (Lipinski definition) is 3. The fourth-order valence-electron chi connectivity index (χ4n) is 2.72. The van der Waals surface area contributed by atoms with Gasteiger partial charge in [0.05, 0.1) is 11.0 Å². The zero-order valence-electron chi connectivity index (χ0n) is 13.4. The third-order valence-corrected chi connectivity index (χ3v) is 3.90. The lowest BCUT2D eigenvalue weighted by Crippen LogP contribution is -2.53. The molecule has 6 heteroatoms. The van der Waals surface area contributed by atoms with Crippen molar-refractivity contribution in [3.05, 3.63) is 23.8 Å². The number of H-pyrrole nitrogens is 1. The minimum atomic E-state index is 0.0230. The van der Waals surface area contributed by atoms with Crippen molar-refractivity contribution in [2.75, 3.05) is 31.1 Å². The largest absolute Gasteiger partial charge is 0.339 e. The molecular formula is C16H23N5O. The summed E-state index contributed by atoms with van der Waals surface area (Å²) in [6.07, 6.45) is 0. The Balaban J connectivity index is 1.66. The summed E-state index contributed by atoms with van der Waals surface area (Å²) in [5.41, 5.74) is 3.27. The van der Waals surface area contributed by atoms with Gasteiger partial charge in [0.25, 0.3) is 0 Å². The highest BCUT2D eigenvalue weighted by molar-refractivity contribution is 5.78. The quantitative estimate of drug-likeness (QED) is 0.893. The van der Waals surface area contributed by atoms with E-state index in [0.29, 0.717) is 13.1 Å². The highest BCUT2D eigenvalue weighted by Crippen LogP contribution is 2.19. The molecular weight excluding hydrogens is 278 g/mol. The van der Waals surface area contributed by atoms with E-state index < -0.39 is 0 Å². The number of aromatic amines is 1. The Kier molecular flexibility index (Phi) is 3.92. The zero-order valence-corrected chi connectivity index (χ0v) is 13.4. The lowest BCUT2D eigenvalue weighted by atomic mass is 10.2. The fraction of sp³-hybridized carbons (Fsp3) is 0.500. The Labute approximate surface area is 130 Å². The van der Waals surface area contributed by atoms with Gasteiger partial charge in [0.1, 0.15) is 0 Å². The van der Waals surface area contributed by atoms with Crippen molar-refractivity contribution in [2.45, 2.75) is 26.8 Å². The smallest absolute Gasteiger partial charge is 0.317 e. The molecule has 0 atom stereocenters. The van der Waals surface area contributed by atoms with Crippen LogP contribution in [-0.4, -0.2) is 53.1 Å². The summed E-state index contributed by atoms with van der Waals surface area (Å²) >= 11 is 0. The Morgan fingerprint density at radius 2 is 2.00 bits per heavy atom. The molecule has 1 fully saturated rings. The maximum atomic E-state index is 12.0. The number of anilines is 1. The number of nitrogens with zero attached hydrogens (tertiary/aromatic N) is 3. The number of amides is 2. The molecule has 0 radical (unpaired) electrons. The molecule has 0 bridgehead atoms. The van der Waals surface area contributed by atoms with Crippen LogP contribution in [0, 0.1) is 6.92 Å². The first kappa shape index (κ1) is 14.7. The van der Waals surface area contributed by atoms with E-state index in [1.54, 1.807) is 0 Å². The fourth-order valence-corrected chi connectivity index (χ4v) is 2.72. The molecule has 1 saturated heterocycles. The monoisotopic (exact) mass is 301 g/mol. The van der Waals surface area contributed by atoms with E-state index in [-0.39, 0.29) is 12.1 Å². The van der Waals surface area contributed by atoms with E-state index in [2.05, 4.69) is 39.2 Å². The summed E-state index contributed by atoms with van der Waals surface area (Å²) in [6, 6.07) is 6.41. The lowest BCUT2D eigenvalue weighted by Gasteiger charge is -2.34. The van der Waals surface area contributed by atoms with Crippen molar-refractivity contribution in [3.8, 4) is 0 Å². The van der Waals surface area contributed by atoms with Gasteiger partial charge in [0.2, 0.25) is 5.95 Å². The van der Waals surface area contributed by atoms with Crippen molar-refractivity contribution in [1.29, 1.82) is 0 Å². The minimum absolute atomic E-state index is 0.0230. The van der Waals surface area contributed by atoms with Crippen molar-refractivity contribution in [1.82, 2.24) is 20.2 Å². The molecule has 1 aliphatic heterocycles. The van der Waals surface area contributed by atoms with Crippen LogP contribution in [0.4, 0.5) is 10.7 Å². The average Bonchev–Trinajstić information content (AvgIpc) is 2.89. The number of hydrogen-bond donors (Lipinski definition) is 2. The van der Waals surface area contributed by atoms with Gasteiger partial charge in [0, 0.05) is 32.2 Å². The topological polar surface area (TPSA) is 64.3 Å². The third-order valence-electron chi connectivity index (χ3n) is 3.90. The molecule has 0 saturated carbocycles. The van der Waals surface area contributed by atoms with Gasteiger partial charge >= 0.3 is 6.03 Å². The Hall–Kier alpha value is -2.24. The first-order valence-electron chi connectivity index (χ1n) is 7.79. The second-order valence-corrected chi connectivity index (χ2v) is 6.16. The first-order valence-corrected chi connectivity index (χ1v) is 7.79. The van der Waals surface area contributed by atoms with Crippen LogP contribution in [0.2, 0.25) is 0 Å². The standard InChI is InChI=1S/C16H23N5O/c1-11(2)17-16(22)21-8-6-20(7-9-21)15-18-13-5-4-12(3)10-14(13)19-15/h4-5,10-11H,6-9H2,1-3H3,(H,17,22)(H,18,19). The van der Waals surface area contributed by atoms with Gasteiger partial charge in [-0.2, -0.15) is 0 Å². The summed E-state index contributed by atoms with van der Waals surface area (Å²) in [5.74, 6) is 0.893. The van der Waals surface area contributed by atoms with Crippen molar-refractivity contribution >= 4 is 23.0 Å². The number of imidazole rings is 1. The van der Waals surface area contributed by atoms with Crippen LogP contribution in [0.1, 0.15) is 19.4 Å². The SMILES string of the molecule is Cc1ccc2nc(N3CCN(C(=O)NC(C)C)CC3)[nH]c2c1. The molecule has 0 aliphatic carbocycles. The molecule has 1 aromatic heterocycles. The molecule has 6 nitrogen and oxygen atoms in total. The predicted molar refractivity (Wildman–Crippen MR) is 88.3 cm³/mol. The van der Waals surface area contributed by atoms with E-state index >= 15 is 0 Å². The van der Waals surface area contributed by atoms with Gasteiger partial charge in [-0.05, 0) is 38.5 Å². The van der Waals surface area contributed by atoms with E-state index in [1.807, 2.05) is 24.8 Å². The van der Waals surface area contributed by atoms with Crippen LogP contribution >= 0.6 is 0 Å². The second kappa shape index (κ2) is 5.87. The van der Waals surface area contributed by atoms with Crippen LogP contribution in [0.25, 0.3) is 11.0 Å². The first-order chi connectivity index (χ1) is 10.5. The maximum absolute atomic E-state index is 12.0. The molecule has 0 unspecified atom stereocenters. The molecule has 118 valence electrons. The molecule has 22 heavy (non-hydrogen) atoms. The summed E-state index contributed by atoms with van der Waals surface area (Å²) < 4.78 is 0. The number of aryl methyl sites for hydroxylation is 1. The number of rotatable bonds is 2. The van der Waals surface area contributed by atoms with Gasteiger partial charge < -0.3 is 20.1 Å². The van der Waals surface area contributed by atoms with Crippen molar-refractivity contribution < 1.29 is 4.79 Å². The van der Waals surface area contributed by atoms with E-state index in [9.17, 15) is 4.79 Å². The summed E-state index contributed by atoms with van der Waals surface area (Å²) in [7, 11) is 0. The number of urea groups is 1. The van der Waals surface area contributed by atoms with Crippen LogP contribution in [0.3, 0.4) is 0 Å². The van der Waals surface area contributed by atoms with Gasteiger partial charge in [0.15, 0.2) is 0 Å². The van der Waals surface area contributed by atoms with Crippen LogP contribution in [0.5, 0.6) is 0 Å². The molecule has 2 N–H and O–H groups in total. The molecule has 3 rings (SSSR count). The van der Waals surface area contributed by atoms with E-state index in [0.717, 1.165) is 30.1 Å². The maximum Gasteiger partial charge on any atom is 0.317 e. The summed E-state index contributed by atoms with van der Waals surface area (Å²) in [4.78, 5) is 24.1. The number of benzene rings is 1.